The summed E-state index contributed by atoms with van der Waals surface area (Å²) in [7, 11) is 0. The number of halogens is 3. The number of benzene rings is 2. The van der Waals surface area contributed by atoms with Crippen molar-refractivity contribution in [2.24, 2.45) is 0 Å². The van der Waals surface area contributed by atoms with E-state index >= 15 is 0 Å². The van der Waals surface area contributed by atoms with Gasteiger partial charge in [-0.1, -0.05) is 47.6 Å². The second kappa shape index (κ2) is 11.9. The maximum absolute atomic E-state index is 6.01. The van der Waals surface area contributed by atoms with Gasteiger partial charge in [0.25, 0.3) is 0 Å². The molecule has 0 aromatic heterocycles. The predicted molar refractivity (Wildman–Crippen MR) is 119 cm³/mol. The lowest BCUT2D eigenvalue weighted by molar-refractivity contribution is 0.172. The van der Waals surface area contributed by atoms with Gasteiger partial charge in [0.2, 0.25) is 0 Å². The molecule has 0 amide bonds. The van der Waals surface area contributed by atoms with Crippen molar-refractivity contribution in [3.05, 3.63) is 71.8 Å². The number of nitrogens with zero attached hydrogens (tertiary/aromatic N) is 1. The Labute approximate surface area is 178 Å². The summed E-state index contributed by atoms with van der Waals surface area (Å²) in [4.78, 5) is 5.09. The van der Waals surface area contributed by atoms with E-state index in [2.05, 4.69) is 53.2 Å². The second-order valence-corrected chi connectivity index (χ2v) is 7.47. The van der Waals surface area contributed by atoms with E-state index in [1.54, 1.807) is 11.8 Å². The van der Waals surface area contributed by atoms with Crippen molar-refractivity contribution >= 4 is 48.2 Å². The Balaban J connectivity index is 0.00000169. The van der Waals surface area contributed by atoms with Crippen LogP contribution >= 0.6 is 48.2 Å². The van der Waals surface area contributed by atoms with Crippen LogP contribution in [-0.4, -0.2) is 31.1 Å². The summed E-state index contributed by atoms with van der Waals surface area (Å²) in [5, 5.41) is 4.21. The van der Waals surface area contributed by atoms with E-state index < -0.39 is 0 Å². The van der Waals surface area contributed by atoms with Crippen molar-refractivity contribution in [2.75, 3.05) is 26.2 Å². The van der Waals surface area contributed by atoms with Crippen molar-refractivity contribution in [2.45, 2.75) is 22.3 Å². The Morgan fingerprint density at radius 2 is 1.73 bits per heavy atom. The van der Waals surface area contributed by atoms with Gasteiger partial charge in [-0.3, -0.25) is 4.90 Å². The van der Waals surface area contributed by atoms with Gasteiger partial charge >= 0.3 is 0 Å². The summed E-state index contributed by atoms with van der Waals surface area (Å²) in [5.41, 5.74) is 1.39. The summed E-state index contributed by atoms with van der Waals surface area (Å²) in [6.45, 7) is 8.26. The number of piperazine rings is 1. The van der Waals surface area contributed by atoms with Gasteiger partial charge in [-0.15, -0.1) is 31.4 Å². The number of rotatable bonds is 6. The molecule has 1 saturated heterocycles. The Bertz CT molecular complexity index is 673. The van der Waals surface area contributed by atoms with E-state index in [4.69, 9.17) is 11.6 Å². The highest BCUT2D eigenvalue weighted by molar-refractivity contribution is 7.99. The minimum absolute atomic E-state index is 0. The SMILES string of the molecule is C=CC[C@H](c1ccccc1Sc1ccc(Cl)cc1)N1CCNCC1.Cl.Cl. The molecule has 0 spiro atoms. The standard InChI is InChI=1S/C20H23ClN2S.2ClH/c1-2-5-19(23-14-12-22-13-15-23)18-6-3-4-7-20(18)24-17-10-8-16(21)9-11-17;;/h2-4,6-11,19,22H,1,5,12-15H2;2*1H/t19-;;/m1../s1. The van der Waals surface area contributed by atoms with Crippen LogP contribution in [0.4, 0.5) is 0 Å². The molecule has 1 heterocycles. The molecule has 0 saturated carbocycles. The molecule has 0 unspecified atom stereocenters. The molecule has 1 atom stereocenters. The zero-order chi connectivity index (χ0) is 16.8. The van der Waals surface area contributed by atoms with Crippen LogP contribution in [0.3, 0.4) is 0 Å². The van der Waals surface area contributed by atoms with Crippen LogP contribution in [0.15, 0.2) is 71.0 Å². The Morgan fingerprint density at radius 3 is 2.38 bits per heavy atom. The second-order valence-electron chi connectivity index (χ2n) is 5.92. The molecule has 3 rings (SSSR count). The van der Waals surface area contributed by atoms with E-state index in [0.29, 0.717) is 6.04 Å². The molecular formula is C20H25Cl3N2S. The first kappa shape index (κ1) is 23.4. The van der Waals surface area contributed by atoms with E-state index in [0.717, 1.165) is 37.6 Å². The molecule has 1 aliphatic rings. The summed E-state index contributed by atoms with van der Waals surface area (Å²) in [5.74, 6) is 0. The average molecular weight is 432 g/mol. The van der Waals surface area contributed by atoms with Gasteiger partial charge in [-0.2, -0.15) is 0 Å². The summed E-state index contributed by atoms with van der Waals surface area (Å²) in [6.07, 6.45) is 3.01. The lowest BCUT2D eigenvalue weighted by Crippen LogP contribution is -2.45. The largest absolute Gasteiger partial charge is 0.314 e. The zero-order valence-electron chi connectivity index (χ0n) is 14.6. The third kappa shape index (κ3) is 6.19. The highest BCUT2D eigenvalue weighted by Gasteiger charge is 2.23. The molecule has 1 fully saturated rings. The highest BCUT2D eigenvalue weighted by Crippen LogP contribution is 2.37. The molecule has 2 nitrogen and oxygen atoms in total. The molecule has 2 aromatic rings. The predicted octanol–water partition coefficient (Wildman–Crippen LogP) is 5.86. The van der Waals surface area contributed by atoms with Crippen molar-refractivity contribution < 1.29 is 0 Å². The summed E-state index contributed by atoms with van der Waals surface area (Å²) in [6, 6.07) is 17.2. The first-order valence-electron chi connectivity index (χ1n) is 8.36. The minimum Gasteiger partial charge on any atom is -0.314 e. The van der Waals surface area contributed by atoms with Crippen LogP contribution in [-0.2, 0) is 0 Å². The highest BCUT2D eigenvalue weighted by atomic mass is 35.5. The molecule has 26 heavy (non-hydrogen) atoms. The molecule has 0 aliphatic carbocycles. The maximum atomic E-state index is 6.01. The molecule has 1 N–H and O–H groups in total. The first-order valence-corrected chi connectivity index (χ1v) is 9.55. The average Bonchev–Trinajstić information content (AvgIpc) is 2.63. The van der Waals surface area contributed by atoms with Gasteiger partial charge < -0.3 is 5.32 Å². The van der Waals surface area contributed by atoms with Gasteiger partial charge in [0.15, 0.2) is 0 Å². The van der Waals surface area contributed by atoms with Crippen molar-refractivity contribution in [1.82, 2.24) is 10.2 Å². The normalized spacial score (nSPS) is 15.4. The number of hydrogen-bond acceptors (Lipinski definition) is 3. The van der Waals surface area contributed by atoms with Gasteiger partial charge in [0, 0.05) is 47.0 Å². The van der Waals surface area contributed by atoms with Crippen LogP contribution in [0.25, 0.3) is 0 Å². The molecule has 142 valence electrons. The van der Waals surface area contributed by atoms with Crippen molar-refractivity contribution in [3.8, 4) is 0 Å². The minimum atomic E-state index is 0. The molecule has 6 heteroatoms. The lowest BCUT2D eigenvalue weighted by atomic mass is 10.0. The third-order valence-corrected chi connectivity index (χ3v) is 5.65. The molecule has 0 radical (unpaired) electrons. The Kier molecular flexibility index (Phi) is 10.7. The van der Waals surface area contributed by atoms with Crippen LogP contribution in [0.1, 0.15) is 18.0 Å². The van der Waals surface area contributed by atoms with Gasteiger partial charge in [-0.05, 0) is 42.3 Å². The first-order chi connectivity index (χ1) is 11.8. The maximum Gasteiger partial charge on any atom is 0.0406 e. The van der Waals surface area contributed by atoms with Gasteiger partial charge in [-0.25, -0.2) is 0 Å². The van der Waals surface area contributed by atoms with Crippen LogP contribution in [0, 0.1) is 0 Å². The van der Waals surface area contributed by atoms with Crippen molar-refractivity contribution in [3.63, 3.8) is 0 Å². The van der Waals surface area contributed by atoms with E-state index in [-0.39, 0.29) is 24.8 Å². The zero-order valence-corrected chi connectivity index (χ0v) is 17.8. The molecule has 2 aromatic carbocycles. The molecule has 1 aliphatic heterocycles. The van der Waals surface area contributed by atoms with Crippen LogP contribution < -0.4 is 5.32 Å². The van der Waals surface area contributed by atoms with Gasteiger partial charge in [0.05, 0.1) is 0 Å². The quantitative estimate of drug-likeness (QED) is 0.577. The lowest BCUT2D eigenvalue weighted by Gasteiger charge is -2.35. The van der Waals surface area contributed by atoms with Crippen molar-refractivity contribution in [1.29, 1.82) is 0 Å². The van der Waals surface area contributed by atoms with Crippen LogP contribution in [0.2, 0.25) is 5.02 Å². The monoisotopic (exact) mass is 430 g/mol. The van der Waals surface area contributed by atoms with E-state index in [1.165, 1.54) is 15.4 Å². The molecular weight excluding hydrogens is 407 g/mol. The smallest absolute Gasteiger partial charge is 0.0406 e. The summed E-state index contributed by atoms with van der Waals surface area (Å²) >= 11 is 7.81. The topological polar surface area (TPSA) is 15.3 Å². The number of hydrogen-bond donors (Lipinski definition) is 1. The van der Waals surface area contributed by atoms with E-state index in [1.807, 2.05) is 18.2 Å². The Hall–Kier alpha value is -0.680. The third-order valence-electron chi connectivity index (χ3n) is 4.30. The van der Waals surface area contributed by atoms with Crippen LogP contribution in [0.5, 0.6) is 0 Å². The fourth-order valence-corrected chi connectivity index (χ4v) is 4.22. The Morgan fingerprint density at radius 1 is 1.08 bits per heavy atom. The summed E-state index contributed by atoms with van der Waals surface area (Å²) < 4.78 is 0. The fourth-order valence-electron chi connectivity index (χ4n) is 3.10. The van der Waals surface area contributed by atoms with Gasteiger partial charge in [0.1, 0.15) is 0 Å². The fraction of sp³-hybridized carbons (Fsp3) is 0.300. The number of nitrogens with one attached hydrogen (secondary N) is 1. The van der Waals surface area contributed by atoms with E-state index in [9.17, 15) is 0 Å². The molecule has 0 bridgehead atoms.